The Hall–Kier alpha value is -1.13. The van der Waals surface area contributed by atoms with Gasteiger partial charge in [-0.1, -0.05) is 11.6 Å². The molecule has 1 aromatic rings. The number of hydrogen-bond acceptors (Lipinski definition) is 4. The largest absolute Gasteiger partial charge is 0.277 e. The number of hydroxylamine groups is 2. The van der Waals surface area contributed by atoms with Crippen LogP contribution < -0.4 is 0 Å². The van der Waals surface area contributed by atoms with Crippen molar-refractivity contribution in [2.75, 3.05) is 7.11 Å². The van der Waals surface area contributed by atoms with Crippen LogP contribution in [0, 0.1) is 6.92 Å². The molecule has 0 saturated carbocycles. The number of hydrogen-bond donors (Lipinski definition) is 0. The average Bonchev–Trinajstić information content (AvgIpc) is 2.17. The van der Waals surface area contributed by atoms with Gasteiger partial charge in [-0.3, -0.25) is 9.90 Å². The van der Waals surface area contributed by atoms with Gasteiger partial charge in [-0.15, -0.1) is 0 Å². The molecule has 0 radical (unpaired) electrons. The molecule has 2 rings (SSSR count). The lowest BCUT2D eigenvalue weighted by Crippen LogP contribution is -2.20. The summed E-state index contributed by atoms with van der Waals surface area (Å²) in [6.45, 7) is 2.41. The van der Waals surface area contributed by atoms with Crippen LogP contribution in [0.25, 0.3) is 6.08 Å². The van der Waals surface area contributed by atoms with E-state index in [1.165, 1.54) is 0 Å². The number of aryl methyl sites for hydroxylation is 1. The standard InChI is InChI=1S/C9H10ClN3O/c1-6-11-8-3-4-13(14-2)5-7(8)9(10)12-6/h3-4H,5H2,1-2H3. The third-order valence-corrected chi connectivity index (χ3v) is 2.36. The SMILES string of the molecule is CON1C=Cc2nc(C)nc(Cl)c2C1. The van der Waals surface area contributed by atoms with Crippen LogP contribution in [0.4, 0.5) is 0 Å². The van der Waals surface area contributed by atoms with Gasteiger partial charge in [0.05, 0.1) is 19.3 Å². The van der Waals surface area contributed by atoms with Crippen LogP contribution in [0.2, 0.25) is 5.15 Å². The minimum atomic E-state index is 0.499. The molecular formula is C9H10ClN3O. The molecule has 0 aliphatic carbocycles. The fraction of sp³-hybridized carbons (Fsp3) is 0.333. The molecule has 0 bridgehead atoms. The minimum absolute atomic E-state index is 0.499. The Morgan fingerprint density at radius 1 is 1.50 bits per heavy atom. The summed E-state index contributed by atoms with van der Waals surface area (Å²) < 4.78 is 0. The van der Waals surface area contributed by atoms with E-state index in [4.69, 9.17) is 16.4 Å². The summed E-state index contributed by atoms with van der Waals surface area (Å²) in [7, 11) is 1.61. The van der Waals surface area contributed by atoms with E-state index in [1.54, 1.807) is 12.2 Å². The first-order valence-corrected chi connectivity index (χ1v) is 4.60. The molecule has 0 amide bonds. The van der Waals surface area contributed by atoms with Gasteiger partial charge >= 0.3 is 0 Å². The number of aromatic nitrogens is 2. The molecule has 0 saturated heterocycles. The summed E-state index contributed by atoms with van der Waals surface area (Å²) in [5.41, 5.74) is 1.78. The predicted molar refractivity (Wildman–Crippen MR) is 53.4 cm³/mol. The van der Waals surface area contributed by atoms with Crippen molar-refractivity contribution in [3.05, 3.63) is 28.4 Å². The van der Waals surface area contributed by atoms with Crippen molar-refractivity contribution in [2.24, 2.45) is 0 Å². The molecular weight excluding hydrogens is 202 g/mol. The molecule has 4 nitrogen and oxygen atoms in total. The average molecular weight is 212 g/mol. The number of fused-ring (bicyclic) bond motifs is 1. The summed E-state index contributed by atoms with van der Waals surface area (Å²) in [5, 5.41) is 2.17. The molecule has 0 unspecified atom stereocenters. The van der Waals surface area contributed by atoms with Crippen LogP contribution in [0.3, 0.4) is 0 Å². The van der Waals surface area contributed by atoms with E-state index in [-0.39, 0.29) is 0 Å². The normalized spacial score (nSPS) is 14.4. The van der Waals surface area contributed by atoms with Gasteiger partial charge in [0.2, 0.25) is 0 Å². The zero-order valence-corrected chi connectivity index (χ0v) is 8.75. The van der Waals surface area contributed by atoms with Crippen LogP contribution in [0.15, 0.2) is 6.20 Å². The smallest absolute Gasteiger partial charge is 0.138 e. The van der Waals surface area contributed by atoms with Crippen molar-refractivity contribution in [1.29, 1.82) is 0 Å². The molecule has 0 aromatic carbocycles. The van der Waals surface area contributed by atoms with Gasteiger partial charge in [0.1, 0.15) is 11.0 Å². The Kier molecular flexibility index (Phi) is 2.39. The van der Waals surface area contributed by atoms with Crippen LogP contribution in [-0.2, 0) is 11.4 Å². The second kappa shape index (κ2) is 3.55. The third kappa shape index (κ3) is 1.58. The van der Waals surface area contributed by atoms with E-state index in [1.807, 2.05) is 19.2 Å². The Morgan fingerprint density at radius 2 is 2.29 bits per heavy atom. The Bertz CT molecular complexity index is 392. The molecule has 74 valence electrons. The lowest BCUT2D eigenvalue weighted by Gasteiger charge is -2.22. The first-order chi connectivity index (χ1) is 6.70. The Labute approximate surface area is 87.1 Å². The highest BCUT2D eigenvalue weighted by atomic mass is 35.5. The molecule has 1 aliphatic heterocycles. The van der Waals surface area contributed by atoms with Crippen LogP contribution >= 0.6 is 11.6 Å². The van der Waals surface area contributed by atoms with Gasteiger partial charge in [-0.05, 0) is 13.0 Å². The van der Waals surface area contributed by atoms with Crippen molar-refractivity contribution < 1.29 is 4.84 Å². The van der Waals surface area contributed by atoms with Gasteiger partial charge in [0, 0.05) is 11.8 Å². The highest BCUT2D eigenvalue weighted by Gasteiger charge is 2.16. The van der Waals surface area contributed by atoms with E-state index in [0.717, 1.165) is 11.3 Å². The maximum absolute atomic E-state index is 6.00. The molecule has 0 atom stereocenters. The van der Waals surface area contributed by atoms with Gasteiger partial charge in [-0.25, -0.2) is 9.97 Å². The molecule has 2 heterocycles. The second-order valence-electron chi connectivity index (χ2n) is 3.00. The predicted octanol–water partition coefficient (Wildman–Crippen LogP) is 1.79. The van der Waals surface area contributed by atoms with Crippen molar-refractivity contribution in [1.82, 2.24) is 15.0 Å². The summed E-state index contributed by atoms with van der Waals surface area (Å²) in [4.78, 5) is 13.4. The maximum atomic E-state index is 6.00. The molecule has 0 spiro atoms. The molecule has 1 aromatic heterocycles. The number of halogens is 1. The van der Waals surface area contributed by atoms with Crippen LogP contribution in [-0.4, -0.2) is 22.1 Å². The first kappa shape index (κ1) is 9.43. The highest BCUT2D eigenvalue weighted by molar-refractivity contribution is 6.30. The van der Waals surface area contributed by atoms with Gasteiger partial charge < -0.3 is 0 Å². The van der Waals surface area contributed by atoms with Crippen molar-refractivity contribution in [2.45, 2.75) is 13.5 Å². The van der Waals surface area contributed by atoms with Gasteiger partial charge in [0.25, 0.3) is 0 Å². The van der Waals surface area contributed by atoms with Crippen molar-refractivity contribution in [3.8, 4) is 0 Å². The Balaban J connectivity index is 2.45. The maximum Gasteiger partial charge on any atom is 0.138 e. The first-order valence-electron chi connectivity index (χ1n) is 4.22. The summed E-state index contributed by atoms with van der Waals surface area (Å²) >= 11 is 6.00. The van der Waals surface area contributed by atoms with E-state index < -0.39 is 0 Å². The topological polar surface area (TPSA) is 38.2 Å². The number of rotatable bonds is 1. The second-order valence-corrected chi connectivity index (χ2v) is 3.36. The molecule has 0 fully saturated rings. The molecule has 14 heavy (non-hydrogen) atoms. The zero-order chi connectivity index (χ0) is 10.1. The van der Waals surface area contributed by atoms with Gasteiger partial charge in [0.15, 0.2) is 0 Å². The van der Waals surface area contributed by atoms with Crippen molar-refractivity contribution >= 4 is 17.7 Å². The highest BCUT2D eigenvalue weighted by Crippen LogP contribution is 2.23. The van der Waals surface area contributed by atoms with E-state index in [0.29, 0.717) is 17.5 Å². The fourth-order valence-corrected chi connectivity index (χ4v) is 1.63. The lowest BCUT2D eigenvalue weighted by atomic mass is 10.2. The monoisotopic (exact) mass is 211 g/mol. The van der Waals surface area contributed by atoms with Crippen LogP contribution in [0.1, 0.15) is 17.1 Å². The number of nitrogens with zero attached hydrogens (tertiary/aromatic N) is 3. The van der Waals surface area contributed by atoms with Gasteiger partial charge in [-0.2, -0.15) is 0 Å². The Morgan fingerprint density at radius 3 is 3.00 bits per heavy atom. The van der Waals surface area contributed by atoms with Crippen LogP contribution in [0.5, 0.6) is 0 Å². The molecule has 0 N–H and O–H groups in total. The van der Waals surface area contributed by atoms with E-state index in [9.17, 15) is 0 Å². The third-order valence-electron chi connectivity index (χ3n) is 2.05. The molecule has 1 aliphatic rings. The van der Waals surface area contributed by atoms with Crippen molar-refractivity contribution in [3.63, 3.8) is 0 Å². The zero-order valence-electron chi connectivity index (χ0n) is 7.99. The van der Waals surface area contributed by atoms with E-state index >= 15 is 0 Å². The lowest BCUT2D eigenvalue weighted by molar-refractivity contribution is -0.0955. The summed E-state index contributed by atoms with van der Waals surface area (Å²) in [5.74, 6) is 0.685. The van der Waals surface area contributed by atoms with E-state index in [2.05, 4.69) is 9.97 Å². The summed E-state index contributed by atoms with van der Waals surface area (Å²) in [6, 6.07) is 0. The fourth-order valence-electron chi connectivity index (χ4n) is 1.35. The minimum Gasteiger partial charge on any atom is -0.277 e. The quantitative estimate of drug-likeness (QED) is 0.664. The summed E-state index contributed by atoms with van der Waals surface area (Å²) in [6.07, 6.45) is 3.69. The molecule has 5 heteroatoms.